The molecule has 9 heteroatoms. The van der Waals surface area contributed by atoms with Gasteiger partial charge in [0.15, 0.2) is 5.82 Å². The molecule has 3 heterocycles. The van der Waals surface area contributed by atoms with Gasteiger partial charge in [-0.1, -0.05) is 5.16 Å². The first-order valence-electron chi connectivity index (χ1n) is 15.1. The van der Waals surface area contributed by atoms with E-state index in [-0.39, 0.29) is 22.2 Å². The predicted molar refractivity (Wildman–Crippen MR) is 149 cm³/mol. The maximum Gasteiger partial charge on any atom is 0.232 e. The Hall–Kier alpha value is -3.36. The van der Waals surface area contributed by atoms with Crippen LogP contribution in [0.3, 0.4) is 0 Å². The molecule has 3 aromatic rings. The van der Waals surface area contributed by atoms with Crippen LogP contribution in [0.25, 0.3) is 11.1 Å². The maximum absolute atomic E-state index is 14.3. The highest BCUT2D eigenvalue weighted by Crippen LogP contribution is 2.71. The molecule has 0 radical (unpaired) electrons. The molecule has 0 unspecified atom stereocenters. The van der Waals surface area contributed by atoms with Gasteiger partial charge in [0.1, 0.15) is 11.5 Å². The second-order valence-electron chi connectivity index (χ2n) is 13.8. The molecule has 0 spiro atoms. The van der Waals surface area contributed by atoms with Crippen molar-refractivity contribution in [2.75, 3.05) is 18.6 Å². The van der Waals surface area contributed by atoms with Gasteiger partial charge in [-0.15, -0.1) is 0 Å². The Morgan fingerprint density at radius 2 is 1.68 bits per heavy atom. The van der Waals surface area contributed by atoms with Crippen molar-refractivity contribution in [2.45, 2.75) is 94.1 Å². The van der Waals surface area contributed by atoms with Crippen LogP contribution < -0.4 is 9.64 Å². The summed E-state index contributed by atoms with van der Waals surface area (Å²) in [4.78, 5) is 29.7. The van der Waals surface area contributed by atoms with Gasteiger partial charge in [-0.25, -0.2) is 14.4 Å². The molecule has 7 fully saturated rings. The second kappa shape index (κ2) is 8.82. The number of aromatic nitrogens is 4. The lowest BCUT2D eigenvalue weighted by Gasteiger charge is -2.66. The molecule has 1 amide bonds. The Balaban J connectivity index is 1.06. The zero-order valence-electron chi connectivity index (χ0n) is 23.6. The van der Waals surface area contributed by atoms with E-state index >= 15 is 0 Å². The molecular formula is C32H36FN5O3. The molecule has 4 bridgehead atoms. The van der Waals surface area contributed by atoms with Gasteiger partial charge in [-0.3, -0.25) is 9.69 Å². The smallest absolute Gasteiger partial charge is 0.232 e. The van der Waals surface area contributed by atoms with E-state index in [4.69, 9.17) is 19.2 Å². The molecule has 0 N–H and O–H groups in total. The molecule has 0 atom stereocenters. The number of pyridine rings is 2. The zero-order chi connectivity index (χ0) is 27.9. The lowest BCUT2D eigenvalue weighted by molar-refractivity contribution is -0.215. The van der Waals surface area contributed by atoms with Crippen molar-refractivity contribution in [3.63, 3.8) is 0 Å². The van der Waals surface area contributed by atoms with E-state index in [0.29, 0.717) is 49.8 Å². The van der Waals surface area contributed by atoms with E-state index in [1.807, 2.05) is 29.2 Å². The first-order chi connectivity index (χ1) is 19.8. The highest BCUT2D eigenvalue weighted by molar-refractivity contribution is 5.94. The number of anilines is 1. The largest absolute Gasteiger partial charge is 0.481 e. The Morgan fingerprint density at radius 1 is 1.00 bits per heavy atom. The van der Waals surface area contributed by atoms with Crippen LogP contribution in [0.4, 0.5) is 10.2 Å². The van der Waals surface area contributed by atoms with E-state index in [2.05, 4.69) is 10.1 Å². The summed E-state index contributed by atoms with van der Waals surface area (Å²) in [6, 6.07) is 7.77. The lowest BCUT2D eigenvalue weighted by atomic mass is 9.41. The predicted octanol–water partition coefficient (Wildman–Crippen LogP) is 6.32. The van der Waals surface area contributed by atoms with E-state index in [1.165, 1.54) is 0 Å². The molecule has 3 aromatic heterocycles. The van der Waals surface area contributed by atoms with Crippen molar-refractivity contribution in [2.24, 2.45) is 10.8 Å². The van der Waals surface area contributed by atoms with Gasteiger partial charge in [-0.05, 0) is 111 Å². The minimum Gasteiger partial charge on any atom is -0.481 e. The number of methoxy groups -OCH3 is 1. The summed E-state index contributed by atoms with van der Waals surface area (Å²) in [5.74, 6) is 3.45. The minimum absolute atomic E-state index is 0.0229. The standard InChI is InChI=1S/C32H36FN5O3/c1-40-25-15-23(5-13-35-25)22-4-12-34-24(14-22)38(26(39)16-30-17-32(33,18-30)19-30)20-29-6-9-31(10-7-29,11-8-29)28-36-27(37-41-28)21-2-3-21/h4-5,12-15,21H,2-3,6-11,16-20H2,1H3. The molecule has 214 valence electrons. The Bertz CT molecular complexity index is 1470. The number of alkyl halides is 1. The third-order valence-electron chi connectivity index (χ3n) is 10.9. The van der Waals surface area contributed by atoms with Crippen LogP contribution in [0.5, 0.6) is 5.88 Å². The quantitative estimate of drug-likeness (QED) is 0.304. The van der Waals surface area contributed by atoms with Crippen LogP contribution in [-0.4, -0.2) is 45.3 Å². The van der Waals surface area contributed by atoms with Crippen molar-refractivity contribution >= 4 is 11.7 Å². The fourth-order valence-electron chi connectivity index (χ4n) is 8.32. The molecule has 7 saturated carbocycles. The molecule has 8 nitrogen and oxygen atoms in total. The summed E-state index contributed by atoms with van der Waals surface area (Å²) in [6.45, 7) is 0.631. The van der Waals surface area contributed by atoms with Crippen molar-refractivity contribution in [3.8, 4) is 17.0 Å². The fourth-order valence-corrected chi connectivity index (χ4v) is 8.32. The van der Waals surface area contributed by atoms with Crippen LogP contribution in [0.1, 0.15) is 94.7 Å². The number of amides is 1. The maximum atomic E-state index is 14.3. The number of nitrogens with zero attached hydrogens (tertiary/aromatic N) is 5. The normalized spacial score (nSPS) is 33.1. The van der Waals surface area contributed by atoms with E-state index in [0.717, 1.165) is 74.2 Å². The highest BCUT2D eigenvalue weighted by atomic mass is 19.1. The van der Waals surface area contributed by atoms with Crippen molar-refractivity contribution in [3.05, 3.63) is 48.4 Å². The number of hydrogen-bond donors (Lipinski definition) is 0. The van der Waals surface area contributed by atoms with E-state index in [9.17, 15) is 9.18 Å². The number of ether oxygens (including phenoxy) is 1. The van der Waals surface area contributed by atoms with Crippen LogP contribution in [0.15, 0.2) is 41.2 Å². The third-order valence-corrected chi connectivity index (χ3v) is 10.9. The number of halogens is 1. The van der Waals surface area contributed by atoms with Gasteiger partial charge in [0.05, 0.1) is 7.11 Å². The highest BCUT2D eigenvalue weighted by Gasteiger charge is 2.69. The second-order valence-corrected chi connectivity index (χ2v) is 13.8. The number of hydrogen-bond acceptors (Lipinski definition) is 7. The van der Waals surface area contributed by atoms with Crippen LogP contribution in [0.2, 0.25) is 0 Å². The Kier molecular flexibility index (Phi) is 5.46. The molecule has 41 heavy (non-hydrogen) atoms. The number of carbonyl (C=O) groups excluding carboxylic acids is 1. The van der Waals surface area contributed by atoms with Gasteiger partial charge >= 0.3 is 0 Å². The van der Waals surface area contributed by atoms with Gasteiger partial charge < -0.3 is 9.26 Å². The molecule has 7 aliphatic carbocycles. The molecule has 10 rings (SSSR count). The van der Waals surface area contributed by atoms with Gasteiger partial charge in [0.2, 0.25) is 17.7 Å². The summed E-state index contributed by atoms with van der Waals surface area (Å²) in [5, 5.41) is 4.31. The summed E-state index contributed by atoms with van der Waals surface area (Å²) in [5.41, 5.74) is 0.713. The van der Waals surface area contributed by atoms with E-state index in [1.54, 1.807) is 19.5 Å². The summed E-state index contributed by atoms with van der Waals surface area (Å²) >= 11 is 0. The van der Waals surface area contributed by atoms with Gasteiger partial charge in [0.25, 0.3) is 0 Å². The summed E-state index contributed by atoms with van der Waals surface area (Å²) < 4.78 is 25.5. The number of fused-ring (bicyclic) bond motifs is 3. The topological polar surface area (TPSA) is 94.2 Å². The zero-order valence-corrected chi connectivity index (χ0v) is 23.6. The lowest BCUT2D eigenvalue weighted by Crippen LogP contribution is -2.65. The minimum atomic E-state index is -1.02. The summed E-state index contributed by atoms with van der Waals surface area (Å²) in [6.07, 6.45) is 13.8. The monoisotopic (exact) mass is 557 g/mol. The van der Waals surface area contributed by atoms with E-state index < -0.39 is 5.67 Å². The SMILES string of the molecule is COc1cc(-c2ccnc(N(CC34CCC(c5nc(C6CC6)no5)(CC3)CC4)C(=O)CC34CC(F)(C3)C4)c2)ccn1. The molecule has 0 aliphatic heterocycles. The number of rotatable bonds is 9. The Labute approximate surface area is 239 Å². The first kappa shape index (κ1) is 25.4. The average Bonchev–Trinajstić information content (AvgIpc) is 3.71. The van der Waals surface area contributed by atoms with Crippen LogP contribution in [0, 0.1) is 10.8 Å². The molecule has 0 aromatic carbocycles. The molecule has 0 saturated heterocycles. The summed E-state index contributed by atoms with van der Waals surface area (Å²) in [7, 11) is 1.60. The third kappa shape index (κ3) is 4.26. The van der Waals surface area contributed by atoms with Crippen LogP contribution >= 0.6 is 0 Å². The van der Waals surface area contributed by atoms with Crippen molar-refractivity contribution < 1.29 is 18.4 Å². The van der Waals surface area contributed by atoms with Crippen molar-refractivity contribution in [1.29, 1.82) is 0 Å². The van der Waals surface area contributed by atoms with Crippen LogP contribution in [-0.2, 0) is 10.2 Å². The molecular weight excluding hydrogens is 521 g/mol. The average molecular weight is 558 g/mol. The van der Waals surface area contributed by atoms with Crippen molar-refractivity contribution in [1.82, 2.24) is 20.1 Å². The van der Waals surface area contributed by atoms with Gasteiger partial charge in [-0.2, -0.15) is 4.98 Å². The van der Waals surface area contributed by atoms with Gasteiger partial charge in [0, 0.05) is 42.8 Å². The Morgan fingerprint density at radius 3 is 2.34 bits per heavy atom. The molecule has 7 aliphatic rings. The first-order valence-corrected chi connectivity index (χ1v) is 15.1. The number of carbonyl (C=O) groups is 1. The fraction of sp³-hybridized carbons (Fsp3) is 0.594.